The zero-order valence-corrected chi connectivity index (χ0v) is 12.1. The van der Waals surface area contributed by atoms with Gasteiger partial charge in [0.05, 0.1) is 6.42 Å². The van der Waals surface area contributed by atoms with Crippen molar-refractivity contribution in [3.8, 4) is 0 Å². The van der Waals surface area contributed by atoms with Gasteiger partial charge in [-0.25, -0.2) is 4.79 Å². The quantitative estimate of drug-likeness (QED) is 0.404. The van der Waals surface area contributed by atoms with E-state index in [1.165, 1.54) is 0 Å². The Morgan fingerprint density at radius 3 is 1.89 bits per heavy atom. The van der Waals surface area contributed by atoms with Crippen molar-refractivity contribution in [3.05, 3.63) is 35.5 Å². The summed E-state index contributed by atoms with van der Waals surface area (Å²) in [6.07, 6.45) is 3.41. The van der Waals surface area contributed by atoms with E-state index >= 15 is 0 Å². The van der Waals surface area contributed by atoms with Crippen LogP contribution in [0.15, 0.2) is 35.5 Å². The minimum absolute atomic E-state index is 0.101. The predicted molar refractivity (Wildman–Crippen MR) is 74.5 cm³/mol. The van der Waals surface area contributed by atoms with Gasteiger partial charge >= 0.3 is 11.9 Å². The van der Waals surface area contributed by atoms with Crippen LogP contribution in [-0.2, 0) is 19.1 Å². The third-order valence-corrected chi connectivity index (χ3v) is 2.09. The molecule has 0 aliphatic heterocycles. The summed E-state index contributed by atoms with van der Waals surface area (Å²) in [5.41, 5.74) is 2.22. The molecule has 0 fully saturated rings. The van der Waals surface area contributed by atoms with Crippen LogP contribution < -0.4 is 0 Å². The van der Waals surface area contributed by atoms with Crippen LogP contribution in [0.4, 0.5) is 0 Å². The van der Waals surface area contributed by atoms with Crippen LogP contribution in [0.25, 0.3) is 0 Å². The lowest BCUT2D eigenvalue weighted by molar-refractivity contribution is -0.145. The third kappa shape index (κ3) is 9.83. The highest BCUT2D eigenvalue weighted by atomic mass is 16.5. The average Bonchev–Trinajstić information content (AvgIpc) is 2.27. The van der Waals surface area contributed by atoms with Gasteiger partial charge in [0.2, 0.25) is 0 Å². The van der Waals surface area contributed by atoms with Crippen LogP contribution >= 0.6 is 0 Å². The van der Waals surface area contributed by atoms with Crippen molar-refractivity contribution >= 4 is 11.9 Å². The van der Waals surface area contributed by atoms with Gasteiger partial charge in [0.15, 0.2) is 0 Å². The molecule has 4 heteroatoms. The molecular formula is C15H22O4. The molecule has 0 saturated heterocycles. The monoisotopic (exact) mass is 266 g/mol. The maximum absolute atomic E-state index is 11.5. The zero-order chi connectivity index (χ0) is 14.8. The van der Waals surface area contributed by atoms with E-state index < -0.39 is 11.9 Å². The number of rotatable bonds is 7. The number of ether oxygens (including phenoxy) is 2. The molecule has 106 valence electrons. The molecule has 0 saturated carbocycles. The lowest BCUT2D eigenvalue weighted by Gasteiger charge is -2.05. The van der Waals surface area contributed by atoms with E-state index in [0.29, 0.717) is 0 Å². The van der Waals surface area contributed by atoms with E-state index in [-0.39, 0.29) is 25.2 Å². The van der Waals surface area contributed by atoms with Crippen molar-refractivity contribution < 1.29 is 19.1 Å². The van der Waals surface area contributed by atoms with Crippen LogP contribution in [-0.4, -0.2) is 25.2 Å². The molecule has 0 aliphatic rings. The van der Waals surface area contributed by atoms with E-state index in [1.807, 2.05) is 27.7 Å². The van der Waals surface area contributed by atoms with Crippen molar-refractivity contribution in [3.63, 3.8) is 0 Å². The van der Waals surface area contributed by atoms with E-state index in [0.717, 1.165) is 11.1 Å². The Morgan fingerprint density at radius 2 is 1.42 bits per heavy atom. The van der Waals surface area contributed by atoms with E-state index in [2.05, 4.69) is 6.58 Å². The second-order valence-electron chi connectivity index (χ2n) is 4.62. The van der Waals surface area contributed by atoms with Crippen molar-refractivity contribution in [1.29, 1.82) is 0 Å². The lowest BCUT2D eigenvalue weighted by atomic mass is 10.2. The van der Waals surface area contributed by atoms with Crippen molar-refractivity contribution in [2.24, 2.45) is 0 Å². The van der Waals surface area contributed by atoms with Gasteiger partial charge in [0, 0.05) is 5.57 Å². The molecule has 0 N–H and O–H groups in total. The fourth-order valence-corrected chi connectivity index (χ4v) is 0.985. The molecule has 0 aromatic heterocycles. The summed E-state index contributed by atoms with van der Waals surface area (Å²) in [7, 11) is 0. The second kappa shape index (κ2) is 9.14. The van der Waals surface area contributed by atoms with Crippen LogP contribution in [0, 0.1) is 0 Å². The maximum atomic E-state index is 11.5. The highest BCUT2D eigenvalue weighted by Gasteiger charge is 2.13. The van der Waals surface area contributed by atoms with Gasteiger partial charge in [-0.2, -0.15) is 0 Å². The summed E-state index contributed by atoms with van der Waals surface area (Å²) >= 11 is 0. The van der Waals surface area contributed by atoms with Crippen LogP contribution in [0.5, 0.6) is 0 Å². The minimum atomic E-state index is -0.573. The minimum Gasteiger partial charge on any atom is -0.461 e. The number of hydrogen-bond donors (Lipinski definition) is 0. The molecule has 0 rings (SSSR count). The maximum Gasteiger partial charge on any atom is 0.334 e. The predicted octanol–water partition coefficient (Wildman–Crippen LogP) is 2.95. The zero-order valence-electron chi connectivity index (χ0n) is 12.1. The van der Waals surface area contributed by atoms with Gasteiger partial charge in [-0.05, 0) is 39.8 Å². The SMILES string of the molecule is C=C(CC(=O)OCC=C(C)C)C(=O)OCC=C(C)C. The van der Waals surface area contributed by atoms with Crippen molar-refractivity contribution in [1.82, 2.24) is 0 Å². The summed E-state index contributed by atoms with van der Waals surface area (Å²) in [6, 6.07) is 0. The first-order chi connectivity index (χ1) is 8.82. The van der Waals surface area contributed by atoms with Crippen molar-refractivity contribution in [2.45, 2.75) is 34.1 Å². The molecule has 19 heavy (non-hydrogen) atoms. The number of allylic oxidation sites excluding steroid dienone is 2. The first-order valence-corrected chi connectivity index (χ1v) is 6.10. The van der Waals surface area contributed by atoms with Gasteiger partial charge < -0.3 is 9.47 Å². The van der Waals surface area contributed by atoms with Crippen molar-refractivity contribution in [2.75, 3.05) is 13.2 Å². The first-order valence-electron chi connectivity index (χ1n) is 6.10. The van der Waals surface area contributed by atoms with Gasteiger partial charge in [0.25, 0.3) is 0 Å². The van der Waals surface area contributed by atoms with Crippen LogP contribution in [0.2, 0.25) is 0 Å². The lowest BCUT2D eigenvalue weighted by Crippen LogP contribution is -2.13. The fourth-order valence-electron chi connectivity index (χ4n) is 0.985. The largest absolute Gasteiger partial charge is 0.461 e. The van der Waals surface area contributed by atoms with E-state index in [1.54, 1.807) is 12.2 Å². The first kappa shape index (κ1) is 17.2. The molecule has 0 aromatic rings. The number of esters is 2. The van der Waals surface area contributed by atoms with Gasteiger partial charge in [-0.3, -0.25) is 4.79 Å². The standard InChI is InChI=1S/C15H22O4/c1-11(2)6-8-18-14(16)10-13(5)15(17)19-9-7-12(3)4/h6-7H,5,8-10H2,1-4H3. The Balaban J connectivity index is 4.01. The molecule has 0 aromatic carbocycles. The van der Waals surface area contributed by atoms with Gasteiger partial charge in [-0.1, -0.05) is 17.7 Å². The smallest absolute Gasteiger partial charge is 0.334 e. The third-order valence-electron chi connectivity index (χ3n) is 2.09. The molecule has 0 radical (unpaired) electrons. The topological polar surface area (TPSA) is 52.6 Å². The number of carbonyl (C=O) groups is 2. The molecule has 0 spiro atoms. The second-order valence-corrected chi connectivity index (χ2v) is 4.62. The Bertz CT molecular complexity index is 394. The highest BCUT2D eigenvalue weighted by Crippen LogP contribution is 2.04. The van der Waals surface area contributed by atoms with Gasteiger partial charge in [-0.15, -0.1) is 0 Å². The summed E-state index contributed by atoms with van der Waals surface area (Å²) in [6.45, 7) is 11.6. The molecular weight excluding hydrogens is 244 g/mol. The van der Waals surface area contributed by atoms with Crippen LogP contribution in [0.1, 0.15) is 34.1 Å². The van der Waals surface area contributed by atoms with E-state index in [4.69, 9.17) is 9.47 Å². The summed E-state index contributed by atoms with van der Waals surface area (Å²) in [5.74, 6) is -1.06. The molecule has 0 amide bonds. The molecule has 0 unspecified atom stereocenters. The molecule has 0 aliphatic carbocycles. The number of hydrogen-bond acceptors (Lipinski definition) is 4. The number of carbonyl (C=O) groups excluding carboxylic acids is 2. The normalized spacial score (nSPS) is 9.26. The van der Waals surface area contributed by atoms with Crippen LogP contribution in [0.3, 0.4) is 0 Å². The molecule has 0 atom stereocenters. The molecule has 0 bridgehead atoms. The fraction of sp³-hybridized carbons (Fsp3) is 0.467. The Labute approximate surface area is 114 Å². The average molecular weight is 266 g/mol. The highest BCUT2D eigenvalue weighted by molar-refractivity contribution is 5.93. The summed E-state index contributed by atoms with van der Waals surface area (Å²) in [4.78, 5) is 22.9. The summed E-state index contributed by atoms with van der Waals surface area (Å²) < 4.78 is 9.84. The molecule has 4 nitrogen and oxygen atoms in total. The van der Waals surface area contributed by atoms with E-state index in [9.17, 15) is 9.59 Å². The van der Waals surface area contributed by atoms with Gasteiger partial charge in [0.1, 0.15) is 13.2 Å². The Morgan fingerprint density at radius 1 is 0.947 bits per heavy atom. The Kier molecular flexibility index (Phi) is 8.25. The Hall–Kier alpha value is -1.84. The summed E-state index contributed by atoms with van der Waals surface area (Å²) in [5, 5.41) is 0. The molecule has 0 heterocycles.